The van der Waals surface area contributed by atoms with Crippen LogP contribution in [0.3, 0.4) is 0 Å². The lowest BCUT2D eigenvalue weighted by Gasteiger charge is -2.38. The molecule has 16 heteroatoms. The zero-order valence-electron chi connectivity index (χ0n) is 35.4. The van der Waals surface area contributed by atoms with Crippen molar-refractivity contribution in [3.8, 4) is 11.5 Å². The summed E-state index contributed by atoms with van der Waals surface area (Å²) in [5, 5.41) is 0. The Kier molecular flexibility index (Phi) is 16.8. The quantitative estimate of drug-likeness (QED) is 0.0553. The largest absolute Gasteiger partial charge is 0.513 e. The number of rotatable bonds is 20. The van der Waals surface area contributed by atoms with Gasteiger partial charge < -0.3 is 35.4 Å². The molecule has 0 aliphatic rings. The second-order valence-electron chi connectivity index (χ2n) is 18.4. The molecule has 0 spiro atoms. The van der Waals surface area contributed by atoms with E-state index in [4.69, 9.17) is 35.4 Å². The first-order valence-corrected chi connectivity index (χ1v) is 37.4. The van der Waals surface area contributed by atoms with Gasteiger partial charge in [0.15, 0.2) is 33.3 Å². The van der Waals surface area contributed by atoms with E-state index < -0.39 is 62.7 Å². The number of hydrogen-bond donors (Lipinski definition) is 0. The molecular formula is C37H68O10Si6. The zero-order valence-corrected chi connectivity index (χ0v) is 41.4. The highest BCUT2D eigenvalue weighted by Gasteiger charge is 2.41. The molecule has 53 heavy (non-hydrogen) atoms. The van der Waals surface area contributed by atoms with E-state index in [1.165, 1.54) is 0 Å². The van der Waals surface area contributed by atoms with Crippen LogP contribution in [0.5, 0.6) is 11.5 Å². The molecule has 0 radical (unpaired) electrons. The van der Waals surface area contributed by atoms with Gasteiger partial charge in [0.25, 0.3) is 0 Å². The summed E-state index contributed by atoms with van der Waals surface area (Å²) < 4.78 is 47.8. The Labute approximate surface area is 326 Å². The average Bonchev–Trinajstić information content (AvgIpc) is 2.94. The first kappa shape index (κ1) is 47.3. The lowest BCUT2D eigenvalue weighted by molar-refractivity contribution is 0.0976. The number of ether oxygens (including phenoxy) is 4. The van der Waals surface area contributed by atoms with Crippen LogP contribution in [0, 0.1) is 0 Å². The van der Waals surface area contributed by atoms with Crippen LogP contribution in [0.2, 0.25) is 104 Å². The molecule has 2 aromatic carbocycles. The van der Waals surface area contributed by atoms with Crippen LogP contribution >= 0.6 is 0 Å². The molecule has 0 aliphatic heterocycles. The van der Waals surface area contributed by atoms with Crippen LogP contribution in [0.15, 0.2) is 48.5 Å². The number of hydrogen-bond acceptors (Lipinski definition) is 10. The highest BCUT2D eigenvalue weighted by molar-refractivity contribution is 6.88. The summed E-state index contributed by atoms with van der Waals surface area (Å²) in [6.45, 7) is 35.0. The Morgan fingerprint density at radius 3 is 0.981 bits per heavy atom. The number of benzene rings is 2. The minimum atomic E-state index is -2.39. The standard InChI is InChI=1S/C37H68O10Si6/c1-37(2,31-19-23-33(24-20-31)42-35(38)40-27-17-29-52(15,44-48(3,4)5)45-49(6,7)8)32-21-25-34(26-22-32)43-36(39)41-28-18-30-53(16,46-50(9,10)11)47-51(12,13)14/h19-26H,17-18,27-30H2,1-16H3. The Morgan fingerprint density at radius 2 is 0.736 bits per heavy atom. The van der Waals surface area contributed by atoms with Gasteiger partial charge in [-0.15, -0.1) is 0 Å². The van der Waals surface area contributed by atoms with Crippen molar-refractivity contribution in [1.29, 1.82) is 0 Å². The predicted molar refractivity (Wildman–Crippen MR) is 229 cm³/mol. The van der Waals surface area contributed by atoms with Gasteiger partial charge in [0.1, 0.15) is 11.5 Å². The maximum atomic E-state index is 12.5. The maximum absolute atomic E-state index is 12.5. The third-order valence-corrected chi connectivity index (χ3v) is 26.9. The van der Waals surface area contributed by atoms with E-state index in [0.29, 0.717) is 24.3 Å². The van der Waals surface area contributed by atoms with Crippen LogP contribution in [-0.2, 0) is 31.3 Å². The van der Waals surface area contributed by atoms with Gasteiger partial charge in [-0.2, -0.15) is 0 Å². The Morgan fingerprint density at radius 1 is 0.472 bits per heavy atom. The van der Waals surface area contributed by atoms with Crippen molar-refractivity contribution >= 4 is 62.7 Å². The van der Waals surface area contributed by atoms with Crippen molar-refractivity contribution in [2.45, 2.75) is 136 Å². The highest BCUT2D eigenvalue weighted by Crippen LogP contribution is 2.34. The van der Waals surface area contributed by atoms with Crippen LogP contribution < -0.4 is 9.47 Å². The summed E-state index contributed by atoms with van der Waals surface area (Å²) >= 11 is 0. The Balaban J connectivity index is 1.88. The predicted octanol–water partition coefficient (Wildman–Crippen LogP) is 11.4. The second-order valence-corrected chi connectivity index (χ2v) is 44.1. The third-order valence-electron chi connectivity index (χ3n) is 7.63. The molecule has 0 fully saturated rings. The minimum absolute atomic E-state index is 0.234. The summed E-state index contributed by atoms with van der Waals surface area (Å²) in [5.74, 6) is 0.804. The molecule has 0 aliphatic carbocycles. The molecule has 0 atom stereocenters. The first-order chi connectivity index (χ1) is 24.0. The molecule has 0 amide bonds. The summed E-state index contributed by atoms with van der Waals surface area (Å²) in [5.41, 5.74) is 1.66. The molecule has 10 nitrogen and oxygen atoms in total. The van der Waals surface area contributed by atoms with E-state index in [1.807, 2.05) is 24.3 Å². The van der Waals surface area contributed by atoms with Crippen LogP contribution in [-0.4, -0.2) is 75.9 Å². The fourth-order valence-corrected chi connectivity index (χ4v) is 31.2. The Hall–Kier alpha value is -1.88. The van der Waals surface area contributed by atoms with E-state index in [-0.39, 0.29) is 18.6 Å². The SMILES string of the molecule is CC(C)(c1ccc(OC(=O)OCCC[Si](C)(O[Si](C)(C)C)O[Si](C)(C)C)cc1)c1ccc(OC(=O)OCCC[Si](C)(O[Si](C)(C)C)O[Si](C)(C)C)cc1. The first-order valence-electron chi connectivity index (χ1n) is 18.7. The van der Waals surface area contributed by atoms with Crippen molar-refractivity contribution in [1.82, 2.24) is 0 Å². The number of carbonyl (C=O) groups is 2. The van der Waals surface area contributed by atoms with Gasteiger partial charge >= 0.3 is 29.4 Å². The summed E-state index contributed by atoms with van der Waals surface area (Å²) in [6.07, 6.45) is -0.178. The average molecular weight is 841 g/mol. The molecule has 0 saturated carbocycles. The smallest absolute Gasteiger partial charge is 0.437 e. The molecule has 0 unspecified atom stereocenters. The van der Waals surface area contributed by atoms with Crippen molar-refractivity contribution in [2.24, 2.45) is 0 Å². The molecular weight excluding hydrogens is 773 g/mol. The molecule has 0 heterocycles. The fourth-order valence-electron chi connectivity index (χ4n) is 6.23. The van der Waals surface area contributed by atoms with Gasteiger partial charge in [0, 0.05) is 5.41 Å². The van der Waals surface area contributed by atoms with Crippen LogP contribution in [0.4, 0.5) is 9.59 Å². The molecule has 0 N–H and O–H groups in total. The lowest BCUT2D eigenvalue weighted by Crippen LogP contribution is -2.52. The zero-order chi connectivity index (χ0) is 40.5. The highest BCUT2D eigenvalue weighted by atomic mass is 28.5. The molecule has 2 aromatic rings. The van der Waals surface area contributed by atoms with Gasteiger partial charge in [-0.1, -0.05) is 38.1 Å². The monoisotopic (exact) mass is 840 g/mol. The molecule has 2 rings (SSSR count). The second kappa shape index (κ2) is 18.8. The normalized spacial score (nSPS) is 13.4. The van der Waals surface area contributed by atoms with Gasteiger partial charge in [-0.05, 0) is 152 Å². The van der Waals surface area contributed by atoms with E-state index >= 15 is 0 Å². The van der Waals surface area contributed by atoms with Gasteiger partial charge in [-0.3, -0.25) is 0 Å². The molecule has 0 saturated heterocycles. The minimum Gasteiger partial charge on any atom is -0.437 e. The lowest BCUT2D eigenvalue weighted by atomic mass is 9.78. The summed E-state index contributed by atoms with van der Waals surface area (Å²) in [7, 11) is -12.0. The van der Waals surface area contributed by atoms with E-state index in [2.05, 4.69) is 106 Å². The van der Waals surface area contributed by atoms with E-state index in [0.717, 1.165) is 23.2 Å². The van der Waals surface area contributed by atoms with Crippen molar-refractivity contribution in [2.75, 3.05) is 13.2 Å². The third kappa shape index (κ3) is 19.0. The topological polar surface area (TPSA) is 108 Å². The molecule has 0 aromatic heterocycles. The van der Waals surface area contributed by atoms with Gasteiger partial charge in [-0.25, -0.2) is 9.59 Å². The van der Waals surface area contributed by atoms with Crippen molar-refractivity contribution in [3.63, 3.8) is 0 Å². The van der Waals surface area contributed by atoms with Crippen LogP contribution in [0.25, 0.3) is 0 Å². The Bertz CT molecular complexity index is 1320. The summed E-state index contributed by atoms with van der Waals surface area (Å²) in [4.78, 5) is 25.0. The van der Waals surface area contributed by atoms with E-state index in [9.17, 15) is 9.59 Å². The van der Waals surface area contributed by atoms with Gasteiger partial charge in [0.05, 0.1) is 13.2 Å². The van der Waals surface area contributed by atoms with Crippen molar-refractivity contribution < 1.29 is 45.0 Å². The maximum Gasteiger partial charge on any atom is 0.513 e. The fraction of sp³-hybridized carbons (Fsp3) is 0.622. The van der Waals surface area contributed by atoms with Crippen LogP contribution in [0.1, 0.15) is 37.8 Å². The number of carbonyl (C=O) groups excluding carboxylic acids is 2. The summed E-state index contributed by atoms with van der Waals surface area (Å²) in [6, 6.07) is 16.3. The van der Waals surface area contributed by atoms with Crippen molar-refractivity contribution in [3.05, 3.63) is 59.7 Å². The van der Waals surface area contributed by atoms with Gasteiger partial charge in [0.2, 0.25) is 0 Å². The van der Waals surface area contributed by atoms with E-state index in [1.54, 1.807) is 24.3 Å². The molecule has 0 bridgehead atoms. The molecule has 300 valence electrons.